The van der Waals surface area contributed by atoms with E-state index in [-0.39, 0.29) is 29.5 Å². The van der Waals surface area contributed by atoms with Crippen molar-refractivity contribution in [2.24, 2.45) is 0 Å². The standard InChI is InChI=1S/C26H28FNO5/c1-15(2)16-6-8-17(9-7-16)23-22(24(29)20-13-18(27)10-11-21(20)32-3)25(30)26(31)28(23)14-19-5-4-12-33-19/h6-11,13,15,19,23,29H,4-5,12,14H2,1-3H3/b24-22+. The Morgan fingerprint density at radius 3 is 2.55 bits per heavy atom. The minimum Gasteiger partial charge on any atom is -0.507 e. The third kappa shape index (κ3) is 4.37. The summed E-state index contributed by atoms with van der Waals surface area (Å²) in [6.07, 6.45) is 1.51. The summed E-state index contributed by atoms with van der Waals surface area (Å²) < 4.78 is 25.0. The van der Waals surface area contributed by atoms with Crippen LogP contribution in [0.4, 0.5) is 4.39 Å². The third-order valence-corrected chi connectivity index (χ3v) is 6.30. The Kier molecular flexibility index (Phi) is 6.51. The lowest BCUT2D eigenvalue weighted by Crippen LogP contribution is -2.36. The summed E-state index contributed by atoms with van der Waals surface area (Å²) in [6, 6.07) is 10.5. The fourth-order valence-electron chi connectivity index (χ4n) is 4.50. The lowest BCUT2D eigenvalue weighted by molar-refractivity contribution is -0.140. The molecule has 2 unspecified atom stereocenters. The van der Waals surface area contributed by atoms with E-state index < -0.39 is 29.3 Å². The monoisotopic (exact) mass is 453 g/mol. The van der Waals surface area contributed by atoms with Gasteiger partial charge in [0.1, 0.15) is 17.3 Å². The highest BCUT2D eigenvalue weighted by Gasteiger charge is 2.47. The van der Waals surface area contributed by atoms with Crippen LogP contribution in [0, 0.1) is 5.82 Å². The van der Waals surface area contributed by atoms with Gasteiger partial charge < -0.3 is 19.5 Å². The van der Waals surface area contributed by atoms with Crippen molar-refractivity contribution in [3.05, 3.63) is 70.5 Å². The number of ether oxygens (including phenoxy) is 2. The van der Waals surface area contributed by atoms with E-state index in [1.54, 1.807) is 0 Å². The van der Waals surface area contributed by atoms with Gasteiger partial charge in [0.05, 0.1) is 30.4 Å². The Balaban J connectivity index is 1.86. The molecule has 1 N–H and O–H groups in total. The van der Waals surface area contributed by atoms with Crippen LogP contribution in [0.2, 0.25) is 0 Å². The van der Waals surface area contributed by atoms with Gasteiger partial charge >= 0.3 is 0 Å². The number of aliphatic hydroxyl groups excluding tert-OH is 1. The summed E-state index contributed by atoms with van der Waals surface area (Å²) in [7, 11) is 1.39. The SMILES string of the molecule is COc1ccc(F)cc1/C(O)=C1\C(=O)C(=O)N(CC2CCCO2)C1c1ccc(C(C)C)cc1. The van der Waals surface area contributed by atoms with Crippen LogP contribution < -0.4 is 4.74 Å². The van der Waals surface area contributed by atoms with Crippen LogP contribution in [0.25, 0.3) is 5.76 Å². The van der Waals surface area contributed by atoms with Gasteiger partial charge in [-0.3, -0.25) is 9.59 Å². The molecular formula is C26H28FNO5. The van der Waals surface area contributed by atoms with Gasteiger partial charge in [-0.2, -0.15) is 0 Å². The summed E-state index contributed by atoms with van der Waals surface area (Å²) in [5.41, 5.74) is 1.74. The average molecular weight is 454 g/mol. The Hall–Kier alpha value is -3.19. The van der Waals surface area contributed by atoms with Gasteiger partial charge in [0.15, 0.2) is 0 Å². The number of hydrogen-bond donors (Lipinski definition) is 1. The Morgan fingerprint density at radius 2 is 1.94 bits per heavy atom. The second kappa shape index (κ2) is 9.35. The number of nitrogens with zero attached hydrogens (tertiary/aromatic N) is 1. The molecule has 2 saturated heterocycles. The maximum Gasteiger partial charge on any atom is 0.295 e. The molecule has 33 heavy (non-hydrogen) atoms. The molecule has 0 aromatic heterocycles. The first-order valence-electron chi connectivity index (χ1n) is 11.2. The number of halogens is 1. The highest BCUT2D eigenvalue weighted by molar-refractivity contribution is 6.46. The fraction of sp³-hybridized carbons (Fsp3) is 0.385. The van der Waals surface area contributed by atoms with Gasteiger partial charge in [-0.25, -0.2) is 4.39 Å². The molecule has 0 aliphatic carbocycles. The minimum atomic E-state index is -0.816. The molecule has 4 rings (SSSR count). The average Bonchev–Trinajstić information content (AvgIpc) is 3.41. The molecule has 1 amide bonds. The molecule has 0 radical (unpaired) electrons. The number of rotatable bonds is 6. The zero-order valence-electron chi connectivity index (χ0n) is 19.0. The first kappa shape index (κ1) is 23.0. The zero-order valence-corrected chi connectivity index (χ0v) is 19.0. The number of carbonyl (C=O) groups is 2. The Bertz CT molecular complexity index is 1090. The number of carbonyl (C=O) groups excluding carboxylic acids is 2. The van der Waals surface area contributed by atoms with Crippen molar-refractivity contribution in [1.29, 1.82) is 0 Å². The minimum absolute atomic E-state index is 0.0245. The summed E-state index contributed by atoms with van der Waals surface area (Å²) in [6.45, 7) is 5.00. The van der Waals surface area contributed by atoms with Gasteiger partial charge in [0, 0.05) is 13.2 Å². The van der Waals surface area contributed by atoms with Crippen LogP contribution in [0.3, 0.4) is 0 Å². The first-order chi connectivity index (χ1) is 15.8. The van der Waals surface area contributed by atoms with Crippen molar-refractivity contribution in [3.8, 4) is 5.75 Å². The lowest BCUT2D eigenvalue weighted by Gasteiger charge is -2.27. The molecule has 0 bridgehead atoms. The van der Waals surface area contributed by atoms with E-state index in [1.165, 1.54) is 24.1 Å². The molecule has 2 aromatic carbocycles. The number of Topliss-reactive ketones (excluding diaryl/α,β-unsaturated/α-hetero) is 1. The van der Waals surface area contributed by atoms with Crippen LogP contribution >= 0.6 is 0 Å². The molecule has 2 fully saturated rings. The topological polar surface area (TPSA) is 76.1 Å². The Labute approximate surface area is 192 Å². The van der Waals surface area contributed by atoms with E-state index in [0.29, 0.717) is 18.1 Å². The lowest BCUT2D eigenvalue weighted by atomic mass is 9.93. The Morgan fingerprint density at radius 1 is 1.21 bits per heavy atom. The highest BCUT2D eigenvalue weighted by Crippen LogP contribution is 2.41. The number of amides is 1. The number of benzene rings is 2. The van der Waals surface area contributed by atoms with E-state index >= 15 is 0 Å². The highest BCUT2D eigenvalue weighted by atomic mass is 19.1. The fourth-order valence-corrected chi connectivity index (χ4v) is 4.50. The van der Waals surface area contributed by atoms with Crippen molar-refractivity contribution in [1.82, 2.24) is 4.90 Å². The van der Waals surface area contributed by atoms with E-state index in [4.69, 9.17) is 9.47 Å². The molecule has 2 heterocycles. The molecule has 2 atom stereocenters. The van der Waals surface area contributed by atoms with Gasteiger partial charge in [-0.15, -0.1) is 0 Å². The summed E-state index contributed by atoms with van der Waals surface area (Å²) in [5.74, 6) is -2.06. The molecule has 0 spiro atoms. The first-order valence-corrected chi connectivity index (χ1v) is 11.2. The molecule has 6 nitrogen and oxygen atoms in total. The van der Waals surface area contributed by atoms with Crippen LogP contribution in [-0.2, 0) is 14.3 Å². The van der Waals surface area contributed by atoms with Crippen molar-refractivity contribution in [2.75, 3.05) is 20.3 Å². The van der Waals surface area contributed by atoms with Gasteiger partial charge in [0.2, 0.25) is 0 Å². The second-order valence-corrected chi connectivity index (χ2v) is 8.75. The number of hydrogen-bond acceptors (Lipinski definition) is 5. The molecule has 7 heteroatoms. The van der Waals surface area contributed by atoms with Gasteiger partial charge in [-0.1, -0.05) is 38.1 Å². The molecule has 2 aliphatic rings. The van der Waals surface area contributed by atoms with E-state index in [0.717, 1.165) is 24.5 Å². The normalized spacial score (nSPS) is 22.4. The van der Waals surface area contributed by atoms with E-state index in [2.05, 4.69) is 13.8 Å². The van der Waals surface area contributed by atoms with Crippen molar-refractivity contribution in [3.63, 3.8) is 0 Å². The number of likely N-dealkylation sites (tertiary alicyclic amines) is 1. The van der Waals surface area contributed by atoms with E-state index in [9.17, 15) is 19.1 Å². The van der Waals surface area contributed by atoms with Gasteiger partial charge in [-0.05, 0) is 48.1 Å². The van der Waals surface area contributed by atoms with Crippen LogP contribution in [0.1, 0.15) is 55.3 Å². The number of methoxy groups -OCH3 is 1. The van der Waals surface area contributed by atoms with E-state index in [1.807, 2.05) is 24.3 Å². The third-order valence-electron chi connectivity index (χ3n) is 6.30. The van der Waals surface area contributed by atoms with Crippen LogP contribution in [0.15, 0.2) is 48.0 Å². The van der Waals surface area contributed by atoms with Crippen molar-refractivity contribution < 1.29 is 28.6 Å². The quantitative estimate of drug-likeness (QED) is 0.394. The van der Waals surface area contributed by atoms with Crippen LogP contribution in [0.5, 0.6) is 5.75 Å². The molecule has 174 valence electrons. The smallest absolute Gasteiger partial charge is 0.295 e. The zero-order chi connectivity index (χ0) is 23.7. The molecule has 0 saturated carbocycles. The molecule has 2 aromatic rings. The largest absolute Gasteiger partial charge is 0.507 e. The molecule has 2 aliphatic heterocycles. The number of aliphatic hydroxyl groups is 1. The number of ketones is 1. The predicted octanol–water partition coefficient (Wildman–Crippen LogP) is 4.56. The summed E-state index contributed by atoms with van der Waals surface area (Å²) in [5, 5.41) is 11.2. The van der Waals surface area contributed by atoms with Crippen molar-refractivity contribution >= 4 is 17.4 Å². The van der Waals surface area contributed by atoms with Gasteiger partial charge in [0.25, 0.3) is 11.7 Å². The molecular weight excluding hydrogens is 425 g/mol. The summed E-state index contributed by atoms with van der Waals surface area (Å²) >= 11 is 0. The maximum atomic E-state index is 14.0. The predicted molar refractivity (Wildman–Crippen MR) is 121 cm³/mol. The summed E-state index contributed by atoms with van der Waals surface area (Å²) in [4.78, 5) is 27.7. The van der Waals surface area contributed by atoms with Crippen LogP contribution in [-0.4, -0.2) is 48.1 Å². The van der Waals surface area contributed by atoms with Crippen molar-refractivity contribution in [2.45, 2.75) is 44.8 Å². The second-order valence-electron chi connectivity index (χ2n) is 8.75. The maximum absolute atomic E-state index is 14.0.